The second-order valence-corrected chi connectivity index (χ2v) is 4.18. The molecule has 2 N–H and O–H groups in total. The van der Waals surface area contributed by atoms with Crippen LogP contribution in [-0.2, 0) is 6.54 Å². The van der Waals surface area contributed by atoms with Crippen molar-refractivity contribution in [3.8, 4) is 11.1 Å². The lowest BCUT2D eigenvalue weighted by Gasteiger charge is -2.04. The van der Waals surface area contributed by atoms with Crippen LogP contribution in [0.3, 0.4) is 0 Å². The van der Waals surface area contributed by atoms with Gasteiger partial charge in [-0.2, -0.15) is 4.39 Å². The number of para-hydroxylation sites is 1. The maximum Gasteiger partial charge on any atom is 0.278 e. The third-order valence-electron chi connectivity index (χ3n) is 2.99. The zero-order valence-corrected chi connectivity index (χ0v) is 9.69. The molecule has 0 spiro atoms. The molecular weight excluding hydrogens is 229 g/mol. The molecule has 18 heavy (non-hydrogen) atoms. The number of rotatable bonds is 2. The number of halogens is 1. The van der Waals surface area contributed by atoms with Gasteiger partial charge in [-0.15, -0.1) is 0 Å². The minimum Gasteiger partial charge on any atom is -0.430 e. The SMILES string of the molecule is NCc1cccc(-c2cccc3cc(F)oc23)c1. The van der Waals surface area contributed by atoms with Gasteiger partial charge in [-0.05, 0) is 17.2 Å². The van der Waals surface area contributed by atoms with E-state index in [-0.39, 0.29) is 0 Å². The fourth-order valence-corrected chi connectivity index (χ4v) is 2.12. The summed E-state index contributed by atoms with van der Waals surface area (Å²) in [6, 6.07) is 14.3. The fourth-order valence-electron chi connectivity index (χ4n) is 2.12. The minimum absolute atomic E-state index is 0.482. The van der Waals surface area contributed by atoms with Gasteiger partial charge in [0.2, 0.25) is 0 Å². The quantitative estimate of drug-likeness (QED) is 0.743. The summed E-state index contributed by atoms with van der Waals surface area (Å²) in [5.41, 5.74) is 9.11. The summed E-state index contributed by atoms with van der Waals surface area (Å²) in [6.07, 6.45) is 0. The van der Waals surface area contributed by atoms with Crippen LogP contribution in [0.5, 0.6) is 0 Å². The Morgan fingerprint density at radius 1 is 1.06 bits per heavy atom. The third-order valence-corrected chi connectivity index (χ3v) is 2.99. The van der Waals surface area contributed by atoms with Crippen LogP contribution in [-0.4, -0.2) is 0 Å². The van der Waals surface area contributed by atoms with Gasteiger partial charge in [0.1, 0.15) is 5.58 Å². The predicted octanol–water partition coefficient (Wildman–Crippen LogP) is 3.70. The van der Waals surface area contributed by atoms with E-state index in [1.807, 2.05) is 42.5 Å². The Labute approximate surface area is 104 Å². The maximum atomic E-state index is 13.2. The van der Waals surface area contributed by atoms with Crippen molar-refractivity contribution in [1.29, 1.82) is 0 Å². The summed E-state index contributed by atoms with van der Waals surface area (Å²) < 4.78 is 18.3. The molecule has 0 saturated heterocycles. The molecule has 0 atom stereocenters. The zero-order valence-electron chi connectivity index (χ0n) is 9.69. The number of nitrogens with two attached hydrogens (primary N) is 1. The van der Waals surface area contributed by atoms with E-state index in [4.69, 9.17) is 10.2 Å². The molecule has 1 aromatic heterocycles. The van der Waals surface area contributed by atoms with Gasteiger partial charge in [0.15, 0.2) is 0 Å². The summed E-state index contributed by atoms with van der Waals surface area (Å²) in [4.78, 5) is 0. The van der Waals surface area contributed by atoms with E-state index in [2.05, 4.69) is 0 Å². The number of benzene rings is 2. The lowest BCUT2D eigenvalue weighted by atomic mass is 10.0. The van der Waals surface area contributed by atoms with Crippen molar-refractivity contribution in [2.24, 2.45) is 5.73 Å². The summed E-state index contributed by atoms with van der Waals surface area (Å²) in [7, 11) is 0. The molecule has 2 nitrogen and oxygen atoms in total. The molecule has 0 aliphatic carbocycles. The Kier molecular flexibility index (Phi) is 2.61. The molecule has 0 aliphatic rings. The molecule has 0 radical (unpaired) electrons. The molecule has 0 unspecified atom stereocenters. The Bertz CT molecular complexity index is 703. The molecule has 0 amide bonds. The third kappa shape index (κ3) is 1.79. The van der Waals surface area contributed by atoms with E-state index in [0.717, 1.165) is 22.1 Å². The van der Waals surface area contributed by atoms with Crippen LogP contribution in [0.2, 0.25) is 0 Å². The smallest absolute Gasteiger partial charge is 0.278 e. The van der Waals surface area contributed by atoms with E-state index in [9.17, 15) is 4.39 Å². The van der Waals surface area contributed by atoms with E-state index < -0.39 is 6.01 Å². The maximum absolute atomic E-state index is 13.2. The number of fused-ring (bicyclic) bond motifs is 1. The summed E-state index contributed by atoms with van der Waals surface area (Å²) in [5.74, 6) is 0. The molecule has 90 valence electrons. The largest absolute Gasteiger partial charge is 0.430 e. The number of furan rings is 1. The first-order valence-corrected chi connectivity index (χ1v) is 5.75. The first-order valence-electron chi connectivity index (χ1n) is 5.75. The summed E-state index contributed by atoms with van der Waals surface area (Å²) in [6.45, 7) is 0.482. The molecular formula is C15H12FNO. The Hall–Kier alpha value is -2.13. The highest BCUT2D eigenvalue weighted by Gasteiger charge is 2.09. The zero-order chi connectivity index (χ0) is 12.5. The average molecular weight is 241 g/mol. The van der Waals surface area contributed by atoms with Crippen molar-refractivity contribution in [1.82, 2.24) is 0 Å². The monoisotopic (exact) mass is 241 g/mol. The standard InChI is InChI=1S/C15H12FNO/c16-14-8-12-5-2-6-13(15(12)18-14)11-4-1-3-10(7-11)9-17/h1-8H,9,17H2. The molecule has 3 aromatic rings. The van der Waals surface area contributed by atoms with Crippen molar-refractivity contribution in [2.45, 2.75) is 6.54 Å². The van der Waals surface area contributed by atoms with E-state index in [1.165, 1.54) is 6.07 Å². The van der Waals surface area contributed by atoms with Gasteiger partial charge in [-0.1, -0.05) is 36.4 Å². The van der Waals surface area contributed by atoms with Gasteiger partial charge in [-0.25, -0.2) is 0 Å². The van der Waals surface area contributed by atoms with Gasteiger partial charge in [-0.3, -0.25) is 0 Å². The summed E-state index contributed by atoms with van der Waals surface area (Å²) in [5, 5.41) is 0.767. The lowest BCUT2D eigenvalue weighted by molar-refractivity contribution is 0.381. The lowest BCUT2D eigenvalue weighted by Crippen LogP contribution is -1.95. The first kappa shape index (κ1) is 11.0. The fraction of sp³-hybridized carbons (Fsp3) is 0.0667. The highest BCUT2D eigenvalue weighted by Crippen LogP contribution is 2.30. The topological polar surface area (TPSA) is 39.2 Å². The predicted molar refractivity (Wildman–Crippen MR) is 69.5 cm³/mol. The van der Waals surface area contributed by atoms with Gasteiger partial charge in [0, 0.05) is 23.6 Å². The molecule has 1 heterocycles. The minimum atomic E-state index is -0.563. The van der Waals surface area contributed by atoms with Crippen molar-refractivity contribution in [2.75, 3.05) is 0 Å². The van der Waals surface area contributed by atoms with Crippen LogP contribution < -0.4 is 5.73 Å². The second kappa shape index (κ2) is 4.27. The second-order valence-electron chi connectivity index (χ2n) is 4.18. The molecule has 0 saturated carbocycles. The molecule has 3 heteroatoms. The molecule has 0 aliphatic heterocycles. The van der Waals surface area contributed by atoms with Crippen molar-refractivity contribution in [3.05, 3.63) is 60.1 Å². The van der Waals surface area contributed by atoms with Crippen molar-refractivity contribution in [3.63, 3.8) is 0 Å². The summed E-state index contributed by atoms with van der Waals surface area (Å²) >= 11 is 0. The molecule has 0 bridgehead atoms. The first-order chi connectivity index (χ1) is 8.78. The number of hydrogen-bond acceptors (Lipinski definition) is 2. The van der Waals surface area contributed by atoms with Crippen LogP contribution >= 0.6 is 0 Å². The van der Waals surface area contributed by atoms with Gasteiger partial charge in [0.05, 0.1) is 0 Å². The van der Waals surface area contributed by atoms with Gasteiger partial charge < -0.3 is 10.2 Å². The van der Waals surface area contributed by atoms with Crippen molar-refractivity contribution < 1.29 is 8.81 Å². The van der Waals surface area contributed by atoms with Crippen LogP contribution in [0.4, 0.5) is 4.39 Å². The normalized spacial score (nSPS) is 11.0. The Morgan fingerprint density at radius 2 is 1.89 bits per heavy atom. The van der Waals surface area contributed by atoms with Crippen LogP contribution in [0, 0.1) is 6.01 Å². The Morgan fingerprint density at radius 3 is 2.72 bits per heavy atom. The highest BCUT2D eigenvalue weighted by molar-refractivity contribution is 5.92. The Balaban J connectivity index is 2.24. The molecule has 2 aromatic carbocycles. The number of hydrogen-bond donors (Lipinski definition) is 1. The van der Waals surface area contributed by atoms with Crippen LogP contribution in [0.15, 0.2) is 52.9 Å². The van der Waals surface area contributed by atoms with E-state index in [0.29, 0.717) is 12.1 Å². The highest BCUT2D eigenvalue weighted by atomic mass is 19.1. The van der Waals surface area contributed by atoms with E-state index in [1.54, 1.807) is 0 Å². The average Bonchev–Trinajstić information content (AvgIpc) is 2.78. The van der Waals surface area contributed by atoms with Crippen LogP contribution in [0.1, 0.15) is 5.56 Å². The van der Waals surface area contributed by atoms with Gasteiger partial charge >= 0.3 is 0 Å². The molecule has 0 fully saturated rings. The molecule has 3 rings (SSSR count). The van der Waals surface area contributed by atoms with Crippen molar-refractivity contribution >= 4 is 11.0 Å². The van der Waals surface area contributed by atoms with Crippen LogP contribution in [0.25, 0.3) is 22.1 Å². The van der Waals surface area contributed by atoms with E-state index >= 15 is 0 Å². The van der Waals surface area contributed by atoms with Gasteiger partial charge in [0.25, 0.3) is 6.01 Å².